The van der Waals surface area contributed by atoms with Gasteiger partial charge in [-0.2, -0.15) is 18.4 Å². The maximum Gasteiger partial charge on any atom is 0.417 e. The number of benzene rings is 1. The lowest BCUT2D eigenvalue weighted by Crippen LogP contribution is -2.49. The molecular formula is C16H18F3N3O2. The SMILES string of the molecule is CCN(c1ccc(C#N)c(C(F)(F)F)c1)C1CCCN(C(=O)O)C1. The fourth-order valence-electron chi connectivity index (χ4n) is 3.08. The first-order valence-electron chi connectivity index (χ1n) is 7.63. The molecule has 0 spiro atoms. The standard InChI is InChI=1S/C16H18F3N3O2/c1-2-22(13-4-3-7-21(10-13)15(23)24)12-6-5-11(9-20)14(8-12)16(17,18)19/h5-6,8,13H,2-4,7,10H2,1H3,(H,23,24). The van der Waals surface area contributed by atoms with Gasteiger partial charge in [0.15, 0.2) is 0 Å². The van der Waals surface area contributed by atoms with Crippen LogP contribution < -0.4 is 4.90 Å². The zero-order valence-electron chi connectivity index (χ0n) is 13.2. The van der Waals surface area contributed by atoms with Crippen molar-refractivity contribution in [3.63, 3.8) is 0 Å². The molecule has 0 radical (unpaired) electrons. The van der Waals surface area contributed by atoms with Gasteiger partial charge >= 0.3 is 12.3 Å². The van der Waals surface area contributed by atoms with Crippen molar-refractivity contribution in [2.75, 3.05) is 24.5 Å². The molecule has 1 heterocycles. The number of piperidine rings is 1. The summed E-state index contributed by atoms with van der Waals surface area (Å²) in [6.07, 6.45) is -4.26. The maximum absolute atomic E-state index is 13.1. The van der Waals surface area contributed by atoms with Crippen molar-refractivity contribution in [2.45, 2.75) is 32.0 Å². The predicted octanol–water partition coefficient (Wildman–Crippen LogP) is 3.55. The van der Waals surface area contributed by atoms with Gasteiger partial charge in [0.25, 0.3) is 0 Å². The molecule has 1 N–H and O–H groups in total. The molecule has 1 fully saturated rings. The van der Waals surface area contributed by atoms with Crippen LogP contribution in [0, 0.1) is 11.3 Å². The summed E-state index contributed by atoms with van der Waals surface area (Å²) in [6, 6.07) is 5.00. The fraction of sp³-hybridized carbons (Fsp3) is 0.500. The highest BCUT2D eigenvalue weighted by molar-refractivity contribution is 5.65. The maximum atomic E-state index is 13.1. The van der Waals surface area contributed by atoms with Gasteiger partial charge in [-0.3, -0.25) is 0 Å². The Morgan fingerprint density at radius 2 is 2.21 bits per heavy atom. The Morgan fingerprint density at radius 1 is 1.50 bits per heavy atom. The first kappa shape index (κ1) is 17.9. The summed E-state index contributed by atoms with van der Waals surface area (Å²) >= 11 is 0. The minimum atomic E-state index is -4.61. The summed E-state index contributed by atoms with van der Waals surface area (Å²) in [5.41, 5.74) is -1.04. The van der Waals surface area contributed by atoms with E-state index >= 15 is 0 Å². The number of alkyl halides is 3. The molecule has 24 heavy (non-hydrogen) atoms. The van der Waals surface area contributed by atoms with Crippen LogP contribution in [0.3, 0.4) is 0 Å². The number of nitriles is 1. The van der Waals surface area contributed by atoms with Crippen LogP contribution in [0.15, 0.2) is 18.2 Å². The van der Waals surface area contributed by atoms with Crippen molar-refractivity contribution in [1.82, 2.24) is 4.90 Å². The molecular weight excluding hydrogens is 323 g/mol. The third-order valence-corrected chi connectivity index (χ3v) is 4.21. The number of rotatable bonds is 3. The van der Waals surface area contributed by atoms with Crippen molar-refractivity contribution < 1.29 is 23.1 Å². The Morgan fingerprint density at radius 3 is 2.75 bits per heavy atom. The third kappa shape index (κ3) is 3.72. The Kier molecular flexibility index (Phi) is 5.22. The molecule has 5 nitrogen and oxygen atoms in total. The van der Waals surface area contributed by atoms with Gasteiger partial charge in [-0.05, 0) is 38.0 Å². The molecule has 1 saturated heterocycles. The lowest BCUT2D eigenvalue weighted by Gasteiger charge is -2.39. The molecule has 130 valence electrons. The number of halogens is 3. The number of carbonyl (C=O) groups is 1. The van der Waals surface area contributed by atoms with Crippen molar-refractivity contribution in [3.8, 4) is 6.07 Å². The average molecular weight is 341 g/mol. The summed E-state index contributed by atoms with van der Waals surface area (Å²) in [5.74, 6) is 0. The topological polar surface area (TPSA) is 67.6 Å². The van der Waals surface area contributed by atoms with Gasteiger partial charge in [0.1, 0.15) is 0 Å². The van der Waals surface area contributed by atoms with Crippen LogP contribution >= 0.6 is 0 Å². The van der Waals surface area contributed by atoms with Crippen LogP contribution in [0.5, 0.6) is 0 Å². The summed E-state index contributed by atoms with van der Waals surface area (Å²) < 4.78 is 39.4. The number of likely N-dealkylation sites (N-methyl/N-ethyl adjacent to an activating group) is 1. The van der Waals surface area contributed by atoms with Crippen molar-refractivity contribution in [3.05, 3.63) is 29.3 Å². The molecule has 1 unspecified atom stereocenters. The summed E-state index contributed by atoms with van der Waals surface area (Å²) in [5, 5.41) is 18.0. The van der Waals surface area contributed by atoms with E-state index in [9.17, 15) is 18.0 Å². The molecule has 1 aliphatic heterocycles. The minimum Gasteiger partial charge on any atom is -0.465 e. The Bertz CT molecular complexity index is 655. The van der Waals surface area contributed by atoms with E-state index in [0.717, 1.165) is 6.07 Å². The Balaban J connectivity index is 2.34. The molecule has 1 atom stereocenters. The molecule has 1 aromatic carbocycles. The third-order valence-electron chi connectivity index (χ3n) is 4.21. The van der Waals surface area contributed by atoms with Crippen molar-refractivity contribution in [1.29, 1.82) is 5.26 Å². The fourth-order valence-corrected chi connectivity index (χ4v) is 3.08. The van der Waals surface area contributed by atoms with Crippen LogP contribution in [-0.4, -0.2) is 41.8 Å². The zero-order valence-corrected chi connectivity index (χ0v) is 13.2. The van der Waals surface area contributed by atoms with E-state index in [4.69, 9.17) is 10.4 Å². The zero-order chi connectivity index (χ0) is 17.9. The second-order valence-corrected chi connectivity index (χ2v) is 5.65. The van der Waals surface area contributed by atoms with Gasteiger partial charge in [0, 0.05) is 31.4 Å². The molecule has 0 bridgehead atoms. The van der Waals surface area contributed by atoms with Gasteiger partial charge < -0.3 is 14.9 Å². The van der Waals surface area contributed by atoms with E-state index in [2.05, 4.69) is 0 Å². The van der Waals surface area contributed by atoms with Crippen LogP contribution in [0.4, 0.5) is 23.7 Å². The highest BCUT2D eigenvalue weighted by atomic mass is 19.4. The quantitative estimate of drug-likeness (QED) is 0.913. The molecule has 0 aliphatic carbocycles. The van der Waals surface area contributed by atoms with Gasteiger partial charge in [-0.25, -0.2) is 4.79 Å². The summed E-state index contributed by atoms with van der Waals surface area (Å²) in [7, 11) is 0. The molecule has 8 heteroatoms. The Labute approximate surface area is 137 Å². The second kappa shape index (κ2) is 6.99. The smallest absolute Gasteiger partial charge is 0.417 e. The van der Waals surface area contributed by atoms with E-state index in [1.165, 1.54) is 17.0 Å². The molecule has 2 rings (SSSR count). The lowest BCUT2D eigenvalue weighted by molar-refractivity contribution is -0.137. The molecule has 1 aliphatic rings. The van der Waals surface area contributed by atoms with E-state index in [0.29, 0.717) is 31.6 Å². The van der Waals surface area contributed by atoms with E-state index in [-0.39, 0.29) is 12.6 Å². The molecule has 1 aromatic rings. The highest BCUT2D eigenvalue weighted by Crippen LogP contribution is 2.35. The second-order valence-electron chi connectivity index (χ2n) is 5.65. The number of hydrogen-bond donors (Lipinski definition) is 1. The number of likely N-dealkylation sites (tertiary alicyclic amines) is 1. The lowest BCUT2D eigenvalue weighted by atomic mass is 10.0. The van der Waals surface area contributed by atoms with E-state index in [1.54, 1.807) is 11.0 Å². The Hall–Kier alpha value is -2.43. The molecule has 0 aromatic heterocycles. The van der Waals surface area contributed by atoms with Crippen LogP contribution in [0.25, 0.3) is 0 Å². The summed E-state index contributed by atoms with van der Waals surface area (Å²) in [6.45, 7) is 2.95. The highest BCUT2D eigenvalue weighted by Gasteiger charge is 2.35. The van der Waals surface area contributed by atoms with Gasteiger partial charge in [0.05, 0.1) is 17.2 Å². The normalized spacial score (nSPS) is 18.1. The van der Waals surface area contributed by atoms with E-state index < -0.39 is 23.4 Å². The van der Waals surface area contributed by atoms with Crippen LogP contribution in [0.1, 0.15) is 30.9 Å². The molecule has 0 saturated carbocycles. The van der Waals surface area contributed by atoms with Gasteiger partial charge in [-0.15, -0.1) is 0 Å². The number of anilines is 1. The van der Waals surface area contributed by atoms with Crippen LogP contribution in [0.2, 0.25) is 0 Å². The average Bonchev–Trinajstić information content (AvgIpc) is 2.55. The van der Waals surface area contributed by atoms with E-state index in [1.807, 2.05) is 6.92 Å². The first-order valence-corrected chi connectivity index (χ1v) is 7.63. The monoisotopic (exact) mass is 341 g/mol. The minimum absolute atomic E-state index is 0.186. The number of carboxylic acid groups (broad SMARTS) is 1. The first-order chi connectivity index (χ1) is 11.3. The number of nitrogens with zero attached hydrogens (tertiary/aromatic N) is 3. The van der Waals surface area contributed by atoms with Crippen LogP contribution in [-0.2, 0) is 6.18 Å². The van der Waals surface area contributed by atoms with Crippen molar-refractivity contribution in [2.24, 2.45) is 0 Å². The summed E-state index contributed by atoms with van der Waals surface area (Å²) in [4.78, 5) is 14.2. The van der Waals surface area contributed by atoms with Gasteiger partial charge in [-0.1, -0.05) is 0 Å². The number of amides is 1. The number of hydrogen-bond acceptors (Lipinski definition) is 3. The predicted molar refractivity (Wildman–Crippen MR) is 81.8 cm³/mol. The molecule has 1 amide bonds. The van der Waals surface area contributed by atoms with Crippen molar-refractivity contribution >= 4 is 11.8 Å². The van der Waals surface area contributed by atoms with Gasteiger partial charge in [0.2, 0.25) is 0 Å². The largest absolute Gasteiger partial charge is 0.465 e.